The fourth-order valence-electron chi connectivity index (χ4n) is 2.03. The molecule has 0 bridgehead atoms. The number of carbonyl (C=O) groups excluding carboxylic acids is 1. The number of fused-ring (bicyclic) bond motifs is 1. The number of anilines is 2. The van der Waals surface area contributed by atoms with Gasteiger partial charge in [-0.05, 0) is 44.2 Å². The predicted octanol–water partition coefficient (Wildman–Crippen LogP) is 4.61. The maximum absolute atomic E-state index is 11.9. The van der Waals surface area contributed by atoms with Crippen LogP contribution in [-0.4, -0.2) is 17.1 Å². The highest BCUT2D eigenvalue weighted by Gasteiger charge is 2.12. The number of carbonyl (C=O) groups is 1. The largest absolute Gasteiger partial charge is 0.459 e. The van der Waals surface area contributed by atoms with Crippen LogP contribution in [-0.2, 0) is 4.74 Å². The second kappa shape index (κ2) is 6.15. The highest BCUT2D eigenvalue weighted by atomic mass is 32.1. The van der Waals surface area contributed by atoms with Gasteiger partial charge in [-0.1, -0.05) is 29.5 Å². The van der Waals surface area contributed by atoms with Gasteiger partial charge >= 0.3 is 5.97 Å². The van der Waals surface area contributed by atoms with Gasteiger partial charge in [0.2, 0.25) is 0 Å². The maximum atomic E-state index is 11.9. The first kappa shape index (κ1) is 14.5. The Morgan fingerprint density at radius 1 is 1.18 bits per heavy atom. The minimum atomic E-state index is -0.303. The number of esters is 1. The Morgan fingerprint density at radius 2 is 1.95 bits per heavy atom. The Hall–Kier alpha value is -2.40. The van der Waals surface area contributed by atoms with Gasteiger partial charge in [0.25, 0.3) is 0 Å². The summed E-state index contributed by atoms with van der Waals surface area (Å²) in [5.74, 6) is -0.303. The number of benzene rings is 2. The maximum Gasteiger partial charge on any atom is 0.338 e. The molecule has 0 spiro atoms. The van der Waals surface area contributed by atoms with Crippen molar-refractivity contribution in [1.82, 2.24) is 4.98 Å². The molecule has 3 rings (SSSR count). The lowest BCUT2D eigenvalue weighted by Gasteiger charge is -2.07. The summed E-state index contributed by atoms with van der Waals surface area (Å²) in [4.78, 5) is 16.5. The molecule has 0 saturated heterocycles. The minimum absolute atomic E-state index is 0.125. The molecule has 0 fully saturated rings. The number of nitrogens with one attached hydrogen (secondary N) is 1. The van der Waals surface area contributed by atoms with Gasteiger partial charge in [0.05, 0.1) is 21.9 Å². The number of aromatic nitrogens is 1. The van der Waals surface area contributed by atoms with Crippen molar-refractivity contribution in [2.45, 2.75) is 20.0 Å². The zero-order valence-electron chi connectivity index (χ0n) is 12.4. The number of hydrogen-bond donors (Lipinski definition) is 1. The summed E-state index contributed by atoms with van der Waals surface area (Å²) in [5.41, 5.74) is 2.40. The highest BCUT2D eigenvalue weighted by molar-refractivity contribution is 7.22. The van der Waals surface area contributed by atoms with E-state index in [4.69, 9.17) is 4.74 Å². The van der Waals surface area contributed by atoms with E-state index in [1.165, 1.54) is 11.3 Å². The van der Waals surface area contributed by atoms with E-state index < -0.39 is 0 Å². The van der Waals surface area contributed by atoms with Crippen molar-refractivity contribution >= 4 is 38.3 Å². The van der Waals surface area contributed by atoms with E-state index in [2.05, 4.69) is 10.3 Å². The van der Waals surface area contributed by atoms with Crippen LogP contribution in [0.2, 0.25) is 0 Å². The number of rotatable bonds is 4. The molecule has 22 heavy (non-hydrogen) atoms. The third-order valence-electron chi connectivity index (χ3n) is 2.99. The van der Waals surface area contributed by atoms with Crippen molar-refractivity contribution in [3.63, 3.8) is 0 Å². The highest BCUT2D eigenvalue weighted by Crippen LogP contribution is 2.29. The van der Waals surface area contributed by atoms with Crippen molar-refractivity contribution in [1.29, 1.82) is 0 Å². The Morgan fingerprint density at radius 3 is 2.68 bits per heavy atom. The molecule has 1 N–H and O–H groups in total. The molecule has 4 nitrogen and oxygen atoms in total. The summed E-state index contributed by atoms with van der Waals surface area (Å²) >= 11 is 1.51. The van der Waals surface area contributed by atoms with Crippen LogP contribution in [0.15, 0.2) is 48.5 Å². The van der Waals surface area contributed by atoms with Crippen LogP contribution in [0.3, 0.4) is 0 Å². The van der Waals surface area contributed by atoms with E-state index >= 15 is 0 Å². The van der Waals surface area contributed by atoms with Crippen LogP contribution >= 0.6 is 11.3 Å². The Bertz CT molecular complexity index is 797. The molecule has 0 unspecified atom stereocenters. The molecule has 0 aliphatic rings. The van der Waals surface area contributed by atoms with Gasteiger partial charge in [-0.2, -0.15) is 0 Å². The summed E-state index contributed by atoms with van der Waals surface area (Å²) in [5, 5.41) is 4.07. The number of para-hydroxylation sites is 1. The smallest absolute Gasteiger partial charge is 0.338 e. The lowest BCUT2D eigenvalue weighted by Crippen LogP contribution is -2.11. The third-order valence-corrected chi connectivity index (χ3v) is 3.93. The minimum Gasteiger partial charge on any atom is -0.459 e. The first-order valence-electron chi connectivity index (χ1n) is 7.05. The van der Waals surface area contributed by atoms with Crippen molar-refractivity contribution in [3.8, 4) is 0 Å². The van der Waals surface area contributed by atoms with Crippen LogP contribution in [0.1, 0.15) is 24.2 Å². The summed E-state index contributed by atoms with van der Waals surface area (Å²) in [6.45, 7) is 3.68. The van der Waals surface area contributed by atoms with Gasteiger partial charge in [0.15, 0.2) is 5.13 Å². The van der Waals surface area contributed by atoms with Gasteiger partial charge in [0.1, 0.15) is 0 Å². The number of nitrogens with zero attached hydrogens (tertiary/aromatic N) is 1. The fourth-order valence-corrected chi connectivity index (χ4v) is 2.96. The van der Waals surface area contributed by atoms with Gasteiger partial charge in [0, 0.05) is 5.69 Å². The summed E-state index contributed by atoms with van der Waals surface area (Å²) < 4.78 is 6.17. The number of thiazole rings is 1. The second-order valence-corrected chi connectivity index (χ2v) is 6.18. The van der Waals surface area contributed by atoms with Crippen LogP contribution < -0.4 is 5.32 Å². The number of hydrogen-bond acceptors (Lipinski definition) is 5. The van der Waals surface area contributed by atoms with E-state index in [0.717, 1.165) is 21.0 Å². The van der Waals surface area contributed by atoms with E-state index in [-0.39, 0.29) is 12.1 Å². The van der Waals surface area contributed by atoms with Crippen LogP contribution in [0.4, 0.5) is 10.8 Å². The predicted molar refractivity (Wildman–Crippen MR) is 89.9 cm³/mol. The molecule has 1 aromatic heterocycles. The Balaban J connectivity index is 1.85. The molecule has 5 heteroatoms. The van der Waals surface area contributed by atoms with Crippen molar-refractivity contribution in [2.24, 2.45) is 0 Å². The lowest BCUT2D eigenvalue weighted by atomic mass is 10.2. The van der Waals surface area contributed by atoms with Crippen LogP contribution in [0.5, 0.6) is 0 Å². The van der Waals surface area contributed by atoms with E-state index in [1.54, 1.807) is 6.07 Å². The van der Waals surface area contributed by atoms with Crippen LogP contribution in [0.25, 0.3) is 10.2 Å². The van der Waals surface area contributed by atoms with E-state index in [0.29, 0.717) is 5.56 Å². The first-order valence-corrected chi connectivity index (χ1v) is 7.87. The summed E-state index contributed by atoms with van der Waals surface area (Å²) in [7, 11) is 0. The average Bonchev–Trinajstić information content (AvgIpc) is 2.88. The molecule has 1 heterocycles. The molecule has 0 aliphatic carbocycles. The van der Waals surface area contributed by atoms with E-state index in [1.807, 2.05) is 56.3 Å². The summed E-state index contributed by atoms with van der Waals surface area (Å²) in [6.07, 6.45) is -0.125. The molecule has 0 atom stereocenters. The molecule has 3 aromatic rings. The molecular weight excluding hydrogens is 296 g/mol. The zero-order chi connectivity index (χ0) is 15.5. The average molecular weight is 312 g/mol. The summed E-state index contributed by atoms with van der Waals surface area (Å²) in [6, 6.07) is 15.3. The molecule has 0 saturated carbocycles. The quantitative estimate of drug-likeness (QED) is 0.715. The van der Waals surface area contributed by atoms with Crippen molar-refractivity contribution in [2.75, 3.05) is 5.32 Å². The van der Waals surface area contributed by atoms with Gasteiger partial charge in [-0.3, -0.25) is 0 Å². The Labute approximate surface area is 132 Å². The van der Waals surface area contributed by atoms with Gasteiger partial charge in [-0.25, -0.2) is 9.78 Å². The molecular formula is C17H16N2O2S. The Kier molecular flexibility index (Phi) is 4.06. The van der Waals surface area contributed by atoms with Gasteiger partial charge < -0.3 is 10.1 Å². The van der Waals surface area contributed by atoms with Gasteiger partial charge in [-0.15, -0.1) is 0 Å². The van der Waals surface area contributed by atoms with Crippen molar-refractivity contribution in [3.05, 3.63) is 54.1 Å². The number of ether oxygens (including phenoxy) is 1. The molecule has 112 valence electrons. The normalized spacial score (nSPS) is 10.9. The van der Waals surface area contributed by atoms with E-state index in [9.17, 15) is 4.79 Å². The zero-order valence-corrected chi connectivity index (χ0v) is 13.2. The molecule has 0 amide bonds. The van der Waals surface area contributed by atoms with Crippen molar-refractivity contribution < 1.29 is 9.53 Å². The SMILES string of the molecule is CC(C)OC(=O)c1ccc2nc(Nc3ccccc3)sc2c1. The third kappa shape index (κ3) is 3.26. The lowest BCUT2D eigenvalue weighted by molar-refractivity contribution is 0.0378. The standard InChI is InChI=1S/C17H16N2O2S/c1-11(2)21-16(20)12-8-9-14-15(10-12)22-17(19-14)18-13-6-4-3-5-7-13/h3-11H,1-2H3,(H,18,19). The molecule has 0 radical (unpaired) electrons. The first-order chi connectivity index (χ1) is 10.6. The second-order valence-electron chi connectivity index (χ2n) is 5.15. The monoisotopic (exact) mass is 312 g/mol. The topological polar surface area (TPSA) is 51.2 Å². The fraction of sp³-hybridized carbons (Fsp3) is 0.176. The van der Waals surface area contributed by atoms with Crippen LogP contribution in [0, 0.1) is 0 Å². The molecule has 2 aromatic carbocycles. The molecule has 0 aliphatic heterocycles.